The number of phenols is 1. The Balaban J connectivity index is 1.65. The number of carbonyl (C=O) groups excluding carboxylic acids is 1. The van der Waals surface area contributed by atoms with E-state index in [1.165, 1.54) is 11.3 Å². The molecule has 0 unspecified atom stereocenters. The molecule has 2 N–H and O–H groups in total. The summed E-state index contributed by atoms with van der Waals surface area (Å²) in [4.78, 5) is 17.1. The SMILES string of the molecule is O=C(c1cc(O)c2ccsc2c1)N1C[C@@H]2CCCN2C[C@@H]1CO. The molecule has 2 saturated heterocycles. The van der Waals surface area contributed by atoms with Crippen LogP contribution in [-0.4, -0.2) is 64.2 Å². The smallest absolute Gasteiger partial charge is 0.254 e. The van der Waals surface area contributed by atoms with Crippen molar-refractivity contribution >= 4 is 27.3 Å². The number of hydrogen-bond donors (Lipinski definition) is 2. The Morgan fingerprint density at radius 1 is 1.35 bits per heavy atom. The first kappa shape index (κ1) is 14.9. The van der Waals surface area contributed by atoms with Crippen molar-refractivity contribution in [2.24, 2.45) is 0 Å². The van der Waals surface area contributed by atoms with E-state index in [0.29, 0.717) is 18.2 Å². The highest BCUT2D eigenvalue weighted by atomic mass is 32.1. The normalized spacial score (nSPS) is 25.0. The van der Waals surface area contributed by atoms with Crippen LogP contribution < -0.4 is 0 Å². The van der Waals surface area contributed by atoms with Gasteiger partial charge in [0.05, 0.1) is 12.6 Å². The third-order valence-corrected chi connectivity index (χ3v) is 5.92. The number of phenolic OH excluding ortho intramolecular Hbond substituents is 1. The molecule has 1 aromatic carbocycles. The van der Waals surface area contributed by atoms with Crippen LogP contribution in [0.25, 0.3) is 10.1 Å². The molecule has 23 heavy (non-hydrogen) atoms. The molecule has 0 aliphatic carbocycles. The average Bonchev–Trinajstić information content (AvgIpc) is 3.21. The van der Waals surface area contributed by atoms with Crippen molar-refractivity contribution in [3.63, 3.8) is 0 Å². The summed E-state index contributed by atoms with van der Waals surface area (Å²) in [5.74, 6) is 0.0494. The highest BCUT2D eigenvalue weighted by Gasteiger charge is 2.38. The maximum atomic E-state index is 13.0. The number of piperazine rings is 1. The number of amides is 1. The Hall–Kier alpha value is -1.63. The van der Waals surface area contributed by atoms with E-state index in [9.17, 15) is 15.0 Å². The number of aromatic hydroxyl groups is 1. The Morgan fingerprint density at radius 3 is 3.04 bits per heavy atom. The Kier molecular flexibility index (Phi) is 3.75. The second-order valence-electron chi connectivity index (χ2n) is 6.41. The number of rotatable bonds is 2. The van der Waals surface area contributed by atoms with Crippen molar-refractivity contribution in [2.75, 3.05) is 26.2 Å². The summed E-state index contributed by atoms with van der Waals surface area (Å²) < 4.78 is 0.911. The lowest BCUT2D eigenvalue weighted by molar-refractivity contribution is 0.0192. The van der Waals surface area contributed by atoms with Gasteiger partial charge in [-0.2, -0.15) is 0 Å². The third kappa shape index (κ3) is 2.51. The van der Waals surface area contributed by atoms with E-state index in [4.69, 9.17) is 0 Å². The predicted octanol–water partition coefficient (Wildman–Crippen LogP) is 1.89. The van der Waals surface area contributed by atoms with E-state index in [0.717, 1.165) is 36.0 Å². The number of fused-ring (bicyclic) bond motifs is 2. The number of nitrogens with zero attached hydrogens (tertiary/aromatic N) is 2. The molecule has 0 radical (unpaired) electrons. The molecule has 0 spiro atoms. The van der Waals surface area contributed by atoms with Gasteiger partial charge in [-0.05, 0) is 43.0 Å². The zero-order valence-corrected chi connectivity index (χ0v) is 13.6. The van der Waals surface area contributed by atoms with Crippen molar-refractivity contribution in [1.82, 2.24) is 9.80 Å². The van der Waals surface area contributed by atoms with Gasteiger partial charge >= 0.3 is 0 Å². The van der Waals surface area contributed by atoms with E-state index in [1.54, 1.807) is 11.0 Å². The molecule has 1 amide bonds. The molecular weight excluding hydrogens is 312 g/mol. The fourth-order valence-electron chi connectivity index (χ4n) is 3.83. The van der Waals surface area contributed by atoms with Gasteiger partial charge in [0.15, 0.2) is 0 Å². The first-order valence-corrected chi connectivity index (χ1v) is 8.91. The van der Waals surface area contributed by atoms with Gasteiger partial charge in [-0.15, -0.1) is 11.3 Å². The topological polar surface area (TPSA) is 64.0 Å². The van der Waals surface area contributed by atoms with Gasteiger partial charge < -0.3 is 15.1 Å². The summed E-state index contributed by atoms with van der Waals surface area (Å²) in [5, 5.41) is 22.5. The number of thiophene rings is 1. The highest BCUT2D eigenvalue weighted by molar-refractivity contribution is 7.17. The summed E-state index contributed by atoms with van der Waals surface area (Å²) in [7, 11) is 0. The van der Waals surface area contributed by atoms with Crippen LogP contribution in [0.5, 0.6) is 5.75 Å². The Morgan fingerprint density at radius 2 is 2.22 bits per heavy atom. The summed E-state index contributed by atoms with van der Waals surface area (Å²) in [6, 6.07) is 5.49. The van der Waals surface area contributed by atoms with Gasteiger partial charge in [0, 0.05) is 34.8 Å². The standard InChI is InChI=1S/C17H20N2O3S/c20-10-13-8-18-4-1-2-12(18)9-19(13)17(22)11-6-15(21)14-3-5-23-16(14)7-11/h3,5-7,12-13,20-21H,1-2,4,8-10H2/t12-,13+/m0/s1. The lowest BCUT2D eigenvalue weighted by Gasteiger charge is -2.43. The molecule has 2 aromatic rings. The molecule has 122 valence electrons. The van der Waals surface area contributed by atoms with Crippen LogP contribution in [-0.2, 0) is 0 Å². The molecule has 2 aliphatic heterocycles. The summed E-state index contributed by atoms with van der Waals surface area (Å²) in [5.41, 5.74) is 0.502. The van der Waals surface area contributed by atoms with Crippen molar-refractivity contribution < 1.29 is 15.0 Å². The maximum Gasteiger partial charge on any atom is 0.254 e. The van der Waals surface area contributed by atoms with Crippen LogP contribution >= 0.6 is 11.3 Å². The van der Waals surface area contributed by atoms with E-state index in [-0.39, 0.29) is 24.3 Å². The first-order valence-electron chi connectivity index (χ1n) is 8.03. The predicted molar refractivity (Wildman–Crippen MR) is 90.0 cm³/mol. The Labute approximate surface area is 138 Å². The summed E-state index contributed by atoms with van der Waals surface area (Å²) >= 11 is 1.51. The maximum absolute atomic E-state index is 13.0. The third-order valence-electron chi connectivity index (χ3n) is 5.06. The van der Waals surface area contributed by atoms with Crippen LogP contribution in [0.3, 0.4) is 0 Å². The minimum absolute atomic E-state index is 0.0256. The van der Waals surface area contributed by atoms with Crippen LogP contribution in [0, 0.1) is 0 Å². The van der Waals surface area contributed by atoms with Crippen molar-refractivity contribution in [3.8, 4) is 5.75 Å². The molecule has 3 heterocycles. The second kappa shape index (κ2) is 5.78. The fourth-order valence-corrected chi connectivity index (χ4v) is 4.68. The summed E-state index contributed by atoms with van der Waals surface area (Å²) in [6.07, 6.45) is 2.27. The molecule has 5 nitrogen and oxygen atoms in total. The molecule has 0 bridgehead atoms. The van der Waals surface area contributed by atoms with Crippen molar-refractivity contribution in [3.05, 3.63) is 29.1 Å². The average molecular weight is 332 g/mol. The molecule has 2 fully saturated rings. The van der Waals surface area contributed by atoms with Gasteiger partial charge in [0.2, 0.25) is 0 Å². The quantitative estimate of drug-likeness (QED) is 0.881. The largest absolute Gasteiger partial charge is 0.507 e. The van der Waals surface area contributed by atoms with Gasteiger partial charge in [-0.25, -0.2) is 0 Å². The molecule has 2 aliphatic rings. The minimum atomic E-state index is -0.168. The molecule has 6 heteroatoms. The van der Waals surface area contributed by atoms with E-state index < -0.39 is 0 Å². The monoisotopic (exact) mass is 332 g/mol. The number of aliphatic hydroxyl groups excluding tert-OH is 1. The van der Waals surface area contributed by atoms with Crippen molar-refractivity contribution in [2.45, 2.75) is 24.9 Å². The zero-order valence-electron chi connectivity index (χ0n) is 12.8. The van der Waals surface area contributed by atoms with E-state index in [2.05, 4.69) is 4.90 Å². The van der Waals surface area contributed by atoms with E-state index >= 15 is 0 Å². The number of hydrogen-bond acceptors (Lipinski definition) is 5. The fraction of sp³-hybridized carbons (Fsp3) is 0.471. The molecule has 0 saturated carbocycles. The van der Waals surface area contributed by atoms with Gasteiger partial charge in [-0.1, -0.05) is 0 Å². The first-order chi connectivity index (χ1) is 11.2. The van der Waals surface area contributed by atoms with E-state index in [1.807, 2.05) is 17.5 Å². The highest BCUT2D eigenvalue weighted by Crippen LogP contribution is 2.32. The summed E-state index contributed by atoms with van der Waals surface area (Å²) in [6.45, 7) is 2.43. The molecule has 2 atom stereocenters. The van der Waals surface area contributed by atoms with Crippen LogP contribution in [0.2, 0.25) is 0 Å². The zero-order chi connectivity index (χ0) is 16.0. The Bertz CT molecular complexity index is 745. The minimum Gasteiger partial charge on any atom is -0.507 e. The molecule has 4 rings (SSSR count). The lowest BCUT2D eigenvalue weighted by Crippen LogP contribution is -2.59. The number of aliphatic hydroxyl groups is 1. The van der Waals surface area contributed by atoms with Gasteiger partial charge in [0.1, 0.15) is 5.75 Å². The lowest BCUT2D eigenvalue weighted by atomic mass is 10.0. The van der Waals surface area contributed by atoms with Gasteiger partial charge in [-0.3, -0.25) is 9.69 Å². The van der Waals surface area contributed by atoms with Crippen molar-refractivity contribution in [1.29, 1.82) is 0 Å². The number of carbonyl (C=O) groups is 1. The molecule has 1 aromatic heterocycles. The van der Waals surface area contributed by atoms with Crippen LogP contribution in [0.1, 0.15) is 23.2 Å². The van der Waals surface area contributed by atoms with Gasteiger partial charge in [0.25, 0.3) is 5.91 Å². The molecular formula is C17H20N2O3S. The van der Waals surface area contributed by atoms with Crippen LogP contribution in [0.15, 0.2) is 23.6 Å². The number of benzene rings is 1. The second-order valence-corrected chi connectivity index (χ2v) is 7.36. The van der Waals surface area contributed by atoms with Crippen LogP contribution in [0.4, 0.5) is 0 Å².